The molecule has 4 heteroatoms. The molecule has 0 unspecified atom stereocenters. The maximum atomic E-state index is 11.4. The van der Waals surface area contributed by atoms with Crippen molar-refractivity contribution < 1.29 is 4.79 Å². The highest BCUT2D eigenvalue weighted by atomic mass is 32.1. The Morgan fingerprint density at radius 2 is 2.16 bits per heavy atom. The first-order valence-electron chi connectivity index (χ1n) is 6.34. The molecular formula is C15H18N2OS. The molecule has 0 atom stereocenters. The van der Waals surface area contributed by atoms with E-state index >= 15 is 0 Å². The summed E-state index contributed by atoms with van der Waals surface area (Å²) in [5, 5.41) is 10.5. The van der Waals surface area contributed by atoms with Gasteiger partial charge >= 0.3 is 0 Å². The zero-order chi connectivity index (χ0) is 13.7. The number of nitrogens with one attached hydrogen (secondary N) is 2. The largest absolute Gasteiger partial charge is 0.381 e. The number of thiophene rings is 1. The van der Waals surface area contributed by atoms with Gasteiger partial charge in [-0.05, 0) is 47.0 Å². The lowest BCUT2D eigenvalue weighted by Gasteiger charge is -2.11. The van der Waals surface area contributed by atoms with Crippen molar-refractivity contribution in [1.82, 2.24) is 0 Å². The van der Waals surface area contributed by atoms with Gasteiger partial charge in [0.15, 0.2) is 0 Å². The first-order valence-corrected chi connectivity index (χ1v) is 7.28. The Bertz CT molecular complexity index is 549. The Balaban J connectivity index is 2.06. The molecule has 0 saturated carbocycles. The van der Waals surface area contributed by atoms with E-state index in [0.717, 1.165) is 17.9 Å². The van der Waals surface area contributed by atoms with E-state index < -0.39 is 0 Å². The van der Waals surface area contributed by atoms with E-state index in [1.54, 1.807) is 11.3 Å². The fourth-order valence-electron chi connectivity index (χ4n) is 1.73. The maximum Gasteiger partial charge on any atom is 0.224 e. The smallest absolute Gasteiger partial charge is 0.224 e. The molecular weight excluding hydrogens is 256 g/mol. The third-order valence-corrected chi connectivity index (χ3v) is 3.64. The number of carbonyl (C=O) groups excluding carboxylic acids is 1. The molecule has 0 fully saturated rings. The monoisotopic (exact) mass is 274 g/mol. The van der Waals surface area contributed by atoms with Crippen molar-refractivity contribution in [1.29, 1.82) is 0 Å². The van der Waals surface area contributed by atoms with Crippen molar-refractivity contribution in [2.45, 2.75) is 26.8 Å². The summed E-state index contributed by atoms with van der Waals surface area (Å²) in [5.74, 6) is 0.0348. The quantitative estimate of drug-likeness (QED) is 0.864. The van der Waals surface area contributed by atoms with E-state index in [1.807, 2.05) is 25.1 Å². The van der Waals surface area contributed by atoms with Crippen molar-refractivity contribution in [3.05, 3.63) is 46.2 Å². The Morgan fingerprint density at radius 1 is 1.32 bits per heavy atom. The van der Waals surface area contributed by atoms with Crippen molar-refractivity contribution in [2.24, 2.45) is 0 Å². The molecule has 3 nitrogen and oxygen atoms in total. The Kier molecular flexibility index (Phi) is 4.58. The van der Waals surface area contributed by atoms with Crippen LogP contribution < -0.4 is 10.6 Å². The first kappa shape index (κ1) is 13.6. The van der Waals surface area contributed by atoms with Crippen LogP contribution in [0.25, 0.3) is 0 Å². The highest BCUT2D eigenvalue weighted by molar-refractivity contribution is 7.07. The molecule has 100 valence electrons. The third kappa shape index (κ3) is 3.83. The van der Waals surface area contributed by atoms with Crippen LogP contribution in [0.1, 0.15) is 24.5 Å². The number of anilines is 2. The summed E-state index contributed by atoms with van der Waals surface area (Å²) >= 11 is 1.70. The van der Waals surface area contributed by atoms with Gasteiger partial charge in [0.25, 0.3) is 0 Å². The summed E-state index contributed by atoms with van der Waals surface area (Å²) in [4.78, 5) is 11.4. The van der Waals surface area contributed by atoms with E-state index in [4.69, 9.17) is 0 Å². The van der Waals surface area contributed by atoms with Crippen LogP contribution in [0.5, 0.6) is 0 Å². The van der Waals surface area contributed by atoms with E-state index in [0.29, 0.717) is 6.42 Å². The van der Waals surface area contributed by atoms with Crippen LogP contribution in [-0.2, 0) is 11.3 Å². The molecule has 1 aromatic heterocycles. The summed E-state index contributed by atoms with van der Waals surface area (Å²) < 4.78 is 0. The number of aryl methyl sites for hydroxylation is 1. The van der Waals surface area contributed by atoms with Gasteiger partial charge < -0.3 is 10.6 Å². The van der Waals surface area contributed by atoms with E-state index in [9.17, 15) is 4.79 Å². The first-order chi connectivity index (χ1) is 9.19. The van der Waals surface area contributed by atoms with E-state index in [1.165, 1.54) is 11.1 Å². The zero-order valence-corrected chi connectivity index (χ0v) is 12.0. The molecule has 0 bridgehead atoms. The standard InChI is InChI=1S/C15H18N2OS/c1-3-15(18)17-13-5-4-11(2)14(8-13)16-9-12-6-7-19-10-12/h4-8,10,16H,3,9H2,1-2H3,(H,17,18). The fraction of sp³-hybridized carbons (Fsp3) is 0.267. The zero-order valence-electron chi connectivity index (χ0n) is 11.2. The van der Waals surface area contributed by atoms with Gasteiger partial charge in [-0.25, -0.2) is 0 Å². The van der Waals surface area contributed by atoms with Crippen molar-refractivity contribution >= 4 is 28.6 Å². The van der Waals surface area contributed by atoms with Crippen LogP contribution in [0.15, 0.2) is 35.0 Å². The van der Waals surface area contributed by atoms with Gasteiger partial charge in [0.05, 0.1) is 0 Å². The van der Waals surface area contributed by atoms with E-state index in [-0.39, 0.29) is 5.91 Å². The molecule has 2 N–H and O–H groups in total. The minimum atomic E-state index is 0.0348. The van der Waals surface area contributed by atoms with Gasteiger partial charge in [-0.15, -0.1) is 0 Å². The van der Waals surface area contributed by atoms with Gasteiger partial charge in [0, 0.05) is 24.3 Å². The average molecular weight is 274 g/mol. The summed E-state index contributed by atoms with van der Waals surface area (Å²) in [5.41, 5.74) is 4.34. The predicted molar refractivity (Wildman–Crippen MR) is 81.7 cm³/mol. The van der Waals surface area contributed by atoms with Gasteiger partial charge in [0.1, 0.15) is 0 Å². The molecule has 2 aromatic rings. The second-order valence-electron chi connectivity index (χ2n) is 4.42. The number of hydrogen-bond donors (Lipinski definition) is 2. The summed E-state index contributed by atoms with van der Waals surface area (Å²) in [6.07, 6.45) is 0.492. The highest BCUT2D eigenvalue weighted by Crippen LogP contribution is 2.21. The van der Waals surface area contributed by atoms with Crippen LogP contribution in [-0.4, -0.2) is 5.91 Å². The van der Waals surface area contributed by atoms with Crippen LogP contribution in [0.4, 0.5) is 11.4 Å². The normalized spacial score (nSPS) is 10.2. The summed E-state index contributed by atoms with van der Waals surface area (Å²) in [6.45, 7) is 4.70. The lowest BCUT2D eigenvalue weighted by molar-refractivity contribution is -0.115. The van der Waals surface area contributed by atoms with Gasteiger partial charge in [-0.2, -0.15) is 11.3 Å². The van der Waals surface area contributed by atoms with Crippen LogP contribution in [0.3, 0.4) is 0 Å². The number of amides is 1. The molecule has 0 aliphatic heterocycles. The molecule has 1 aromatic carbocycles. The number of hydrogen-bond acceptors (Lipinski definition) is 3. The van der Waals surface area contributed by atoms with Crippen LogP contribution in [0.2, 0.25) is 0 Å². The Morgan fingerprint density at radius 3 is 2.84 bits per heavy atom. The molecule has 1 heterocycles. The number of benzene rings is 1. The van der Waals surface area contributed by atoms with E-state index in [2.05, 4.69) is 34.4 Å². The summed E-state index contributed by atoms with van der Waals surface area (Å²) in [6, 6.07) is 8.03. The van der Waals surface area contributed by atoms with Gasteiger partial charge in [-0.1, -0.05) is 13.0 Å². The number of rotatable bonds is 5. The maximum absolute atomic E-state index is 11.4. The molecule has 1 amide bonds. The van der Waals surface area contributed by atoms with Gasteiger partial charge in [0.2, 0.25) is 5.91 Å². The summed E-state index contributed by atoms with van der Waals surface area (Å²) in [7, 11) is 0. The van der Waals surface area contributed by atoms with Crippen molar-refractivity contribution in [3.8, 4) is 0 Å². The Hall–Kier alpha value is -1.81. The SMILES string of the molecule is CCC(=O)Nc1ccc(C)c(NCc2ccsc2)c1. The van der Waals surface area contributed by atoms with Crippen molar-refractivity contribution in [2.75, 3.05) is 10.6 Å². The lowest BCUT2D eigenvalue weighted by Crippen LogP contribution is -2.10. The number of carbonyl (C=O) groups is 1. The van der Waals surface area contributed by atoms with Gasteiger partial charge in [-0.3, -0.25) is 4.79 Å². The molecule has 0 saturated heterocycles. The fourth-order valence-corrected chi connectivity index (χ4v) is 2.40. The second-order valence-corrected chi connectivity index (χ2v) is 5.20. The minimum absolute atomic E-state index is 0.0348. The minimum Gasteiger partial charge on any atom is -0.381 e. The third-order valence-electron chi connectivity index (χ3n) is 2.91. The molecule has 19 heavy (non-hydrogen) atoms. The second kappa shape index (κ2) is 6.38. The average Bonchev–Trinajstić information content (AvgIpc) is 2.92. The highest BCUT2D eigenvalue weighted by Gasteiger charge is 2.03. The molecule has 0 spiro atoms. The Labute approximate surface area is 117 Å². The van der Waals surface area contributed by atoms with Crippen LogP contribution >= 0.6 is 11.3 Å². The lowest BCUT2D eigenvalue weighted by atomic mass is 10.1. The molecule has 0 aliphatic carbocycles. The molecule has 0 aliphatic rings. The molecule has 0 radical (unpaired) electrons. The van der Waals surface area contributed by atoms with Crippen molar-refractivity contribution in [3.63, 3.8) is 0 Å². The predicted octanol–water partition coefficient (Wildman–Crippen LogP) is 4.02. The topological polar surface area (TPSA) is 41.1 Å². The van der Waals surface area contributed by atoms with Crippen LogP contribution in [0, 0.1) is 6.92 Å². The molecule has 2 rings (SSSR count).